The lowest BCUT2D eigenvalue weighted by Crippen LogP contribution is -2.30. The zero-order valence-corrected chi connectivity index (χ0v) is 16.8. The SMILES string of the molecule is CN(C)CCn1nc([C@@H]2CCN(C(=O)Cc3cccc(F)c3)C2)c2nccnc21. The number of rotatable bonds is 6. The highest BCUT2D eigenvalue weighted by atomic mass is 19.1. The molecule has 29 heavy (non-hydrogen) atoms. The molecule has 2 aromatic heterocycles. The normalized spacial score (nSPS) is 16.8. The third-order valence-corrected chi connectivity index (χ3v) is 5.33. The number of likely N-dealkylation sites (tertiary alicyclic amines) is 1. The van der Waals surface area contributed by atoms with Gasteiger partial charge >= 0.3 is 0 Å². The van der Waals surface area contributed by atoms with Crippen molar-refractivity contribution in [3.8, 4) is 0 Å². The van der Waals surface area contributed by atoms with Crippen molar-refractivity contribution in [2.75, 3.05) is 33.7 Å². The number of nitrogens with zero attached hydrogens (tertiary/aromatic N) is 6. The summed E-state index contributed by atoms with van der Waals surface area (Å²) in [5.41, 5.74) is 3.21. The molecule has 0 N–H and O–H groups in total. The van der Waals surface area contributed by atoms with E-state index in [2.05, 4.69) is 14.9 Å². The van der Waals surface area contributed by atoms with E-state index in [1.54, 1.807) is 24.5 Å². The molecule has 7 nitrogen and oxygen atoms in total. The Hall–Kier alpha value is -2.87. The molecule has 1 aromatic carbocycles. The molecular formula is C21H25FN6O. The van der Waals surface area contributed by atoms with Crippen LogP contribution in [0.3, 0.4) is 0 Å². The van der Waals surface area contributed by atoms with E-state index in [9.17, 15) is 9.18 Å². The van der Waals surface area contributed by atoms with Gasteiger partial charge in [0, 0.05) is 37.9 Å². The maximum atomic E-state index is 13.4. The number of benzene rings is 1. The number of halogens is 1. The predicted molar refractivity (Wildman–Crippen MR) is 108 cm³/mol. The fourth-order valence-corrected chi connectivity index (χ4v) is 3.79. The van der Waals surface area contributed by atoms with Crippen molar-refractivity contribution in [2.45, 2.75) is 25.3 Å². The Kier molecular flexibility index (Phi) is 5.53. The molecule has 1 aliphatic heterocycles. The zero-order valence-electron chi connectivity index (χ0n) is 16.8. The quantitative estimate of drug-likeness (QED) is 0.638. The average Bonchev–Trinajstić information content (AvgIpc) is 3.31. The van der Waals surface area contributed by atoms with Crippen LogP contribution in [0.5, 0.6) is 0 Å². The fraction of sp³-hybridized carbons (Fsp3) is 0.429. The summed E-state index contributed by atoms with van der Waals surface area (Å²) in [5, 5.41) is 4.81. The van der Waals surface area contributed by atoms with Gasteiger partial charge in [0.2, 0.25) is 5.91 Å². The fourth-order valence-electron chi connectivity index (χ4n) is 3.79. The molecule has 1 fully saturated rings. The predicted octanol–water partition coefficient (Wildman–Crippen LogP) is 2.09. The van der Waals surface area contributed by atoms with E-state index >= 15 is 0 Å². The molecule has 0 bridgehead atoms. The number of amides is 1. The van der Waals surface area contributed by atoms with E-state index in [1.165, 1.54) is 12.1 Å². The topological polar surface area (TPSA) is 67.2 Å². The molecule has 4 rings (SSSR count). The van der Waals surface area contributed by atoms with Gasteiger partial charge in [-0.15, -0.1) is 0 Å². The maximum Gasteiger partial charge on any atom is 0.227 e. The van der Waals surface area contributed by atoms with Crippen molar-refractivity contribution in [3.05, 3.63) is 53.7 Å². The van der Waals surface area contributed by atoms with E-state index in [4.69, 9.17) is 5.10 Å². The number of likely N-dealkylation sites (N-methyl/N-ethyl adjacent to an activating group) is 1. The van der Waals surface area contributed by atoms with Gasteiger partial charge in [-0.25, -0.2) is 19.0 Å². The minimum absolute atomic E-state index is 0.0144. The van der Waals surface area contributed by atoms with Crippen molar-refractivity contribution in [1.29, 1.82) is 0 Å². The third-order valence-electron chi connectivity index (χ3n) is 5.33. The van der Waals surface area contributed by atoms with Gasteiger partial charge in [-0.2, -0.15) is 5.10 Å². The molecule has 0 aliphatic carbocycles. The second-order valence-corrected chi connectivity index (χ2v) is 7.77. The smallest absolute Gasteiger partial charge is 0.227 e. The molecule has 152 valence electrons. The summed E-state index contributed by atoms with van der Waals surface area (Å²) in [6.45, 7) is 2.86. The van der Waals surface area contributed by atoms with Crippen LogP contribution < -0.4 is 0 Å². The van der Waals surface area contributed by atoms with Crippen molar-refractivity contribution >= 4 is 17.1 Å². The number of hydrogen-bond donors (Lipinski definition) is 0. The Morgan fingerprint density at radius 2 is 2.10 bits per heavy atom. The van der Waals surface area contributed by atoms with Crippen LogP contribution in [0.25, 0.3) is 11.2 Å². The van der Waals surface area contributed by atoms with E-state index in [0.29, 0.717) is 18.7 Å². The number of fused-ring (bicyclic) bond motifs is 1. The Labute approximate surface area is 169 Å². The van der Waals surface area contributed by atoms with E-state index < -0.39 is 0 Å². The van der Waals surface area contributed by atoms with Gasteiger partial charge in [0.25, 0.3) is 0 Å². The standard InChI is InChI=1S/C21H25FN6O/c1-26(2)10-11-28-21-20(23-7-8-24-21)19(25-28)16-6-9-27(14-16)18(29)13-15-4-3-5-17(22)12-15/h3-5,7-8,12,16H,6,9-11,13-14H2,1-2H3/t16-/m1/s1. The lowest BCUT2D eigenvalue weighted by atomic mass is 10.0. The molecule has 0 spiro atoms. The first kappa shape index (κ1) is 19.4. The van der Waals surface area contributed by atoms with Gasteiger partial charge in [0.05, 0.1) is 18.7 Å². The van der Waals surface area contributed by atoms with E-state index in [0.717, 1.165) is 36.4 Å². The molecule has 1 saturated heterocycles. The first-order valence-electron chi connectivity index (χ1n) is 9.85. The monoisotopic (exact) mass is 396 g/mol. The highest BCUT2D eigenvalue weighted by molar-refractivity contribution is 5.79. The highest BCUT2D eigenvalue weighted by Crippen LogP contribution is 2.30. The first-order valence-corrected chi connectivity index (χ1v) is 9.85. The number of aromatic nitrogens is 4. The van der Waals surface area contributed by atoms with Crippen LogP contribution >= 0.6 is 0 Å². The summed E-state index contributed by atoms with van der Waals surface area (Å²) in [7, 11) is 4.05. The van der Waals surface area contributed by atoms with Crippen molar-refractivity contribution in [1.82, 2.24) is 29.5 Å². The summed E-state index contributed by atoms with van der Waals surface area (Å²) < 4.78 is 15.3. The van der Waals surface area contributed by atoms with Crippen LogP contribution in [0.1, 0.15) is 23.6 Å². The van der Waals surface area contributed by atoms with Gasteiger partial charge in [0.15, 0.2) is 5.65 Å². The van der Waals surface area contributed by atoms with Crippen LogP contribution in [-0.2, 0) is 17.8 Å². The number of carbonyl (C=O) groups excluding carboxylic acids is 1. The molecule has 1 amide bonds. The van der Waals surface area contributed by atoms with Crippen molar-refractivity contribution in [3.63, 3.8) is 0 Å². The van der Waals surface area contributed by atoms with Crippen LogP contribution in [0, 0.1) is 5.82 Å². The summed E-state index contributed by atoms with van der Waals surface area (Å²) in [6, 6.07) is 6.22. The molecule has 1 aliphatic rings. The summed E-state index contributed by atoms with van der Waals surface area (Å²) in [6.07, 6.45) is 4.42. The molecule has 1 atom stereocenters. The Morgan fingerprint density at radius 3 is 2.90 bits per heavy atom. The van der Waals surface area contributed by atoms with Crippen LogP contribution in [0.15, 0.2) is 36.7 Å². The molecule has 0 unspecified atom stereocenters. The maximum absolute atomic E-state index is 13.4. The molecular weight excluding hydrogens is 371 g/mol. The highest BCUT2D eigenvalue weighted by Gasteiger charge is 2.31. The van der Waals surface area contributed by atoms with E-state index in [1.807, 2.05) is 23.7 Å². The molecule has 0 saturated carbocycles. The van der Waals surface area contributed by atoms with E-state index in [-0.39, 0.29) is 24.1 Å². The zero-order chi connectivity index (χ0) is 20.4. The molecule has 0 radical (unpaired) electrons. The minimum Gasteiger partial charge on any atom is -0.342 e. The second kappa shape index (κ2) is 8.24. The summed E-state index contributed by atoms with van der Waals surface area (Å²) in [4.78, 5) is 25.6. The lowest BCUT2D eigenvalue weighted by Gasteiger charge is -2.16. The van der Waals surface area contributed by atoms with Gasteiger partial charge < -0.3 is 9.80 Å². The van der Waals surface area contributed by atoms with Gasteiger partial charge in [-0.1, -0.05) is 12.1 Å². The minimum atomic E-state index is -0.317. The van der Waals surface area contributed by atoms with Gasteiger partial charge in [-0.3, -0.25) is 4.79 Å². The van der Waals surface area contributed by atoms with Crippen LogP contribution in [0.2, 0.25) is 0 Å². The average molecular weight is 396 g/mol. The largest absolute Gasteiger partial charge is 0.342 e. The Bertz CT molecular complexity index is 1020. The third kappa shape index (κ3) is 4.27. The van der Waals surface area contributed by atoms with Crippen molar-refractivity contribution in [2.24, 2.45) is 0 Å². The lowest BCUT2D eigenvalue weighted by molar-refractivity contribution is -0.129. The van der Waals surface area contributed by atoms with Crippen LogP contribution in [-0.4, -0.2) is 69.2 Å². The second-order valence-electron chi connectivity index (χ2n) is 7.77. The molecule has 3 heterocycles. The first-order chi connectivity index (χ1) is 14.0. The van der Waals surface area contributed by atoms with Gasteiger partial charge in [0.1, 0.15) is 11.3 Å². The Balaban J connectivity index is 1.50. The Morgan fingerprint density at radius 1 is 1.28 bits per heavy atom. The number of hydrogen-bond acceptors (Lipinski definition) is 5. The van der Waals surface area contributed by atoms with Crippen molar-refractivity contribution < 1.29 is 9.18 Å². The summed E-state index contributed by atoms with van der Waals surface area (Å²) in [5.74, 6) is -0.172. The molecule has 3 aromatic rings. The number of carbonyl (C=O) groups is 1. The van der Waals surface area contributed by atoms with Gasteiger partial charge in [-0.05, 0) is 38.2 Å². The summed E-state index contributed by atoms with van der Waals surface area (Å²) >= 11 is 0. The molecule has 8 heteroatoms. The van der Waals surface area contributed by atoms with Crippen LogP contribution in [0.4, 0.5) is 4.39 Å².